The van der Waals surface area contributed by atoms with Crippen LogP contribution in [0.4, 0.5) is 34.9 Å². The molecule has 1 amide bonds. The molecule has 39 heavy (non-hydrogen) atoms. The summed E-state index contributed by atoms with van der Waals surface area (Å²) in [6.45, 7) is 5.16. The van der Waals surface area contributed by atoms with E-state index in [1.807, 2.05) is 17.0 Å². The van der Waals surface area contributed by atoms with Gasteiger partial charge in [-0.25, -0.2) is 13.8 Å². The smallest absolute Gasteiger partial charge is 0.269 e. The van der Waals surface area contributed by atoms with Gasteiger partial charge in [0.1, 0.15) is 5.82 Å². The lowest BCUT2D eigenvalue weighted by molar-refractivity contribution is -0.0221. The van der Waals surface area contributed by atoms with E-state index in [4.69, 9.17) is 4.42 Å². The van der Waals surface area contributed by atoms with Crippen LogP contribution in [0.1, 0.15) is 49.9 Å². The number of aromatic nitrogens is 1. The third kappa shape index (κ3) is 6.18. The Bertz CT molecular complexity index is 1380. The van der Waals surface area contributed by atoms with Crippen molar-refractivity contribution in [2.75, 3.05) is 41.3 Å². The van der Waals surface area contributed by atoms with E-state index >= 15 is 0 Å². The summed E-state index contributed by atoms with van der Waals surface area (Å²) in [7, 11) is 0. The molecule has 1 N–H and O–H groups in total. The third-order valence-corrected chi connectivity index (χ3v) is 8.01. The molecule has 1 aromatic carbocycles. The predicted octanol–water partition coefficient (Wildman–Crippen LogP) is 7.57. The molecule has 3 aromatic rings. The van der Waals surface area contributed by atoms with E-state index in [-0.39, 0.29) is 50.2 Å². The second-order valence-corrected chi connectivity index (χ2v) is 11.8. The molecule has 0 spiro atoms. The highest BCUT2D eigenvalue weighted by atomic mass is 32.2. The van der Waals surface area contributed by atoms with Crippen molar-refractivity contribution in [2.45, 2.75) is 55.6 Å². The van der Waals surface area contributed by atoms with Crippen LogP contribution in [0.2, 0.25) is 0 Å². The molecule has 2 aromatic heterocycles. The molecule has 5 rings (SSSR count). The average Bonchev–Trinajstić information content (AvgIpc) is 3.37. The van der Waals surface area contributed by atoms with Crippen molar-refractivity contribution in [3.05, 3.63) is 53.8 Å². The van der Waals surface area contributed by atoms with Gasteiger partial charge in [0.15, 0.2) is 11.4 Å². The van der Waals surface area contributed by atoms with Crippen molar-refractivity contribution in [1.29, 1.82) is 0 Å². The zero-order valence-electron chi connectivity index (χ0n) is 21.8. The maximum absolute atomic E-state index is 13.8. The second-order valence-electron chi connectivity index (χ2n) is 10.2. The number of nitrogens with one attached hydrogen (secondary N) is 1. The maximum atomic E-state index is 13.8. The summed E-state index contributed by atoms with van der Waals surface area (Å²) in [5.74, 6) is -2.41. The number of thioether (sulfide) groups is 1. The summed E-state index contributed by atoms with van der Waals surface area (Å²) in [4.78, 5) is 22.9. The molecule has 0 aliphatic carbocycles. The van der Waals surface area contributed by atoms with Gasteiger partial charge in [0.05, 0.1) is 17.5 Å². The van der Waals surface area contributed by atoms with Crippen LogP contribution in [0.25, 0.3) is 11.0 Å². The van der Waals surface area contributed by atoms with Gasteiger partial charge in [0.2, 0.25) is 0 Å². The highest BCUT2D eigenvalue weighted by molar-refractivity contribution is 7.99. The predicted molar refractivity (Wildman–Crippen MR) is 146 cm³/mol. The van der Waals surface area contributed by atoms with Crippen molar-refractivity contribution >= 4 is 46.0 Å². The number of anilines is 3. The van der Waals surface area contributed by atoms with Gasteiger partial charge in [0, 0.05) is 54.6 Å². The van der Waals surface area contributed by atoms with Crippen LogP contribution in [-0.2, 0) is 0 Å². The third-order valence-electron chi connectivity index (χ3n) is 7.01. The fraction of sp³-hybridized carbons (Fsp3) is 0.429. The van der Waals surface area contributed by atoms with E-state index in [0.29, 0.717) is 46.4 Å². The van der Waals surface area contributed by atoms with Gasteiger partial charge in [-0.2, -0.15) is 8.78 Å². The normalized spacial score (nSPS) is 17.7. The number of piperidine rings is 2. The van der Waals surface area contributed by atoms with Crippen LogP contribution in [0.3, 0.4) is 0 Å². The van der Waals surface area contributed by atoms with Crippen LogP contribution in [0, 0.1) is 0 Å². The molecule has 0 unspecified atom stereocenters. The van der Waals surface area contributed by atoms with E-state index in [0.717, 1.165) is 4.90 Å². The number of hydrogen-bond donors (Lipinski definition) is 1. The molecule has 208 valence electrons. The van der Waals surface area contributed by atoms with Crippen LogP contribution in [0.15, 0.2) is 57.6 Å². The standard InChI is InChI=1S/C28H30F4N4O2S/c1-17(2)39-20-3-4-21(22(16-20)35-10-5-18(6-11-35)25(29)30)27(37)34-23-15-19-7-14-38-24(19)26(33-23)36-12-8-28(31,32)9-13-36/h3-4,7,14-17H,5-6,8-13H2,1-2H3,(H,33,34,37). The van der Waals surface area contributed by atoms with E-state index in [2.05, 4.69) is 24.1 Å². The number of alkyl halides is 2. The Morgan fingerprint density at radius 3 is 2.44 bits per heavy atom. The van der Waals surface area contributed by atoms with Crippen molar-refractivity contribution in [3.63, 3.8) is 0 Å². The molecule has 11 heteroatoms. The Morgan fingerprint density at radius 2 is 1.77 bits per heavy atom. The minimum atomic E-state index is -2.71. The van der Waals surface area contributed by atoms with Gasteiger partial charge in [-0.15, -0.1) is 11.8 Å². The number of pyridine rings is 1. The second kappa shape index (κ2) is 11.1. The van der Waals surface area contributed by atoms with E-state index < -0.39 is 17.9 Å². The lowest BCUT2D eigenvalue weighted by Crippen LogP contribution is -2.39. The molecule has 0 saturated carbocycles. The Labute approximate surface area is 228 Å². The molecule has 2 aliphatic rings. The van der Waals surface area contributed by atoms with E-state index in [1.54, 1.807) is 34.9 Å². The average molecular weight is 563 g/mol. The molecule has 0 radical (unpaired) electrons. The first-order valence-corrected chi connectivity index (χ1v) is 13.9. The maximum Gasteiger partial charge on any atom is 0.269 e. The SMILES string of the molecule is CC(C)Sc1ccc(C(=O)Nc2cc3ccoc3c(N3CCC(F)(F)CC3)n2)c(N2CCC(=C(F)F)CC2)c1. The quantitative estimate of drug-likeness (QED) is 0.247. The number of furan rings is 1. The molecular formula is C28H30F4N4O2S. The molecule has 0 bridgehead atoms. The van der Waals surface area contributed by atoms with Crippen molar-refractivity contribution in [2.24, 2.45) is 0 Å². The van der Waals surface area contributed by atoms with Crippen LogP contribution in [-0.4, -0.2) is 48.2 Å². The van der Waals surface area contributed by atoms with E-state index in [9.17, 15) is 22.4 Å². The first kappa shape index (κ1) is 27.4. The number of carbonyl (C=O) groups is 1. The minimum absolute atomic E-state index is 0.122. The van der Waals surface area contributed by atoms with Crippen LogP contribution < -0.4 is 15.1 Å². The zero-order chi connectivity index (χ0) is 27.7. The van der Waals surface area contributed by atoms with E-state index in [1.165, 1.54) is 6.26 Å². The summed E-state index contributed by atoms with van der Waals surface area (Å²) in [6.07, 6.45) is -0.204. The summed E-state index contributed by atoms with van der Waals surface area (Å²) >= 11 is 1.66. The number of nitrogens with zero attached hydrogens (tertiary/aromatic N) is 3. The summed E-state index contributed by atoms with van der Waals surface area (Å²) in [6, 6.07) is 8.99. The van der Waals surface area contributed by atoms with Crippen molar-refractivity contribution < 1.29 is 26.8 Å². The highest BCUT2D eigenvalue weighted by Crippen LogP contribution is 2.36. The Hall–Kier alpha value is -3.21. The van der Waals surface area contributed by atoms with Gasteiger partial charge in [0.25, 0.3) is 17.9 Å². The number of hydrogen-bond acceptors (Lipinski definition) is 6. The van der Waals surface area contributed by atoms with Crippen LogP contribution in [0.5, 0.6) is 0 Å². The molecular weight excluding hydrogens is 532 g/mol. The fourth-order valence-corrected chi connectivity index (χ4v) is 5.85. The molecule has 2 aliphatic heterocycles. The molecule has 6 nitrogen and oxygen atoms in total. The Balaban J connectivity index is 1.43. The van der Waals surface area contributed by atoms with Gasteiger partial charge in [-0.3, -0.25) is 4.79 Å². The zero-order valence-corrected chi connectivity index (χ0v) is 22.6. The van der Waals surface area contributed by atoms with Gasteiger partial charge in [-0.1, -0.05) is 13.8 Å². The highest BCUT2D eigenvalue weighted by Gasteiger charge is 2.35. The summed E-state index contributed by atoms with van der Waals surface area (Å²) in [5.41, 5.74) is 1.72. The minimum Gasteiger partial charge on any atom is -0.460 e. The number of fused-ring (bicyclic) bond motifs is 1. The number of halogens is 4. The molecule has 0 atom stereocenters. The van der Waals surface area contributed by atoms with Gasteiger partial charge < -0.3 is 19.5 Å². The number of carbonyl (C=O) groups excluding carboxylic acids is 1. The molecule has 4 heterocycles. The van der Waals surface area contributed by atoms with Gasteiger partial charge in [-0.05, 0) is 48.7 Å². The number of rotatable bonds is 6. The summed E-state index contributed by atoms with van der Waals surface area (Å²) in [5, 5.41) is 3.89. The Morgan fingerprint density at radius 1 is 1.05 bits per heavy atom. The van der Waals surface area contributed by atoms with Crippen LogP contribution >= 0.6 is 11.8 Å². The lowest BCUT2D eigenvalue weighted by Gasteiger charge is -2.32. The lowest BCUT2D eigenvalue weighted by atomic mass is 10.0. The first-order chi connectivity index (χ1) is 18.6. The largest absolute Gasteiger partial charge is 0.460 e. The first-order valence-electron chi connectivity index (χ1n) is 13.0. The monoisotopic (exact) mass is 562 g/mol. The van der Waals surface area contributed by atoms with Crippen molar-refractivity contribution in [3.8, 4) is 0 Å². The van der Waals surface area contributed by atoms with Crippen molar-refractivity contribution in [1.82, 2.24) is 4.98 Å². The molecule has 2 fully saturated rings. The number of amides is 1. The Kier molecular flexibility index (Phi) is 7.80. The van der Waals surface area contributed by atoms with Gasteiger partial charge >= 0.3 is 0 Å². The number of benzene rings is 1. The summed E-state index contributed by atoms with van der Waals surface area (Å²) < 4.78 is 59.4. The molecule has 2 saturated heterocycles. The topological polar surface area (TPSA) is 61.6 Å². The fourth-order valence-electron chi connectivity index (χ4n) is 4.98.